The van der Waals surface area contributed by atoms with Crippen LogP contribution in [0.25, 0.3) is 0 Å². The lowest BCUT2D eigenvalue weighted by Gasteiger charge is -2.29. The molecule has 0 aromatic heterocycles. The van der Waals surface area contributed by atoms with Gasteiger partial charge in [0, 0.05) is 29.8 Å². The molecule has 2 rings (SSSR count). The van der Waals surface area contributed by atoms with Crippen LogP contribution in [0.3, 0.4) is 0 Å². The first kappa shape index (κ1) is 11.8. The van der Waals surface area contributed by atoms with Crippen LogP contribution in [0.5, 0.6) is 5.75 Å². The summed E-state index contributed by atoms with van der Waals surface area (Å²) in [6, 6.07) is 9.34. The number of thioether (sulfide) groups is 1. The Labute approximate surface area is 102 Å². The van der Waals surface area contributed by atoms with Gasteiger partial charge in [0.05, 0.1) is 6.61 Å². The van der Waals surface area contributed by atoms with E-state index < -0.39 is 0 Å². The van der Waals surface area contributed by atoms with Crippen molar-refractivity contribution < 1.29 is 4.74 Å². The summed E-state index contributed by atoms with van der Waals surface area (Å²) in [6.07, 6.45) is 3.21. The van der Waals surface area contributed by atoms with Gasteiger partial charge in [0.1, 0.15) is 5.75 Å². The van der Waals surface area contributed by atoms with Gasteiger partial charge in [0.2, 0.25) is 0 Å². The lowest BCUT2D eigenvalue weighted by molar-refractivity contribution is 0.248. The fourth-order valence-corrected chi connectivity index (χ4v) is 2.75. The summed E-state index contributed by atoms with van der Waals surface area (Å²) in [6.45, 7) is 3.06. The molecule has 2 nitrogen and oxygen atoms in total. The number of para-hydroxylation sites is 1. The van der Waals surface area contributed by atoms with E-state index in [0.717, 1.165) is 24.5 Å². The van der Waals surface area contributed by atoms with Crippen LogP contribution >= 0.6 is 11.8 Å². The first-order valence-corrected chi connectivity index (χ1v) is 7.17. The molecule has 0 spiro atoms. The molecule has 1 aromatic carbocycles. The number of ether oxygens (including phenoxy) is 1. The summed E-state index contributed by atoms with van der Waals surface area (Å²) in [7, 11) is 0. The van der Waals surface area contributed by atoms with Crippen molar-refractivity contribution in [3.63, 3.8) is 0 Å². The van der Waals surface area contributed by atoms with Crippen molar-refractivity contribution in [1.82, 2.24) is 5.32 Å². The molecule has 3 heteroatoms. The molecule has 1 N–H and O–H groups in total. The average Bonchev–Trinajstić information content (AvgIpc) is 2.30. The quantitative estimate of drug-likeness (QED) is 0.870. The molecular formula is C13H19NOS. The zero-order valence-corrected chi connectivity index (χ0v) is 10.7. The second-order valence-corrected chi connectivity index (χ2v) is 5.16. The van der Waals surface area contributed by atoms with Crippen molar-refractivity contribution in [3.05, 3.63) is 29.8 Å². The molecule has 0 aliphatic carbocycles. The van der Waals surface area contributed by atoms with Gasteiger partial charge in [-0.05, 0) is 19.2 Å². The fraction of sp³-hybridized carbons (Fsp3) is 0.538. The van der Waals surface area contributed by atoms with Crippen LogP contribution in [-0.2, 0) is 0 Å². The monoisotopic (exact) mass is 237 g/mol. The predicted molar refractivity (Wildman–Crippen MR) is 70.3 cm³/mol. The van der Waals surface area contributed by atoms with Gasteiger partial charge in [-0.2, -0.15) is 11.8 Å². The van der Waals surface area contributed by atoms with Gasteiger partial charge in [0.25, 0.3) is 0 Å². The van der Waals surface area contributed by atoms with Crippen molar-refractivity contribution in [3.8, 4) is 5.75 Å². The minimum Gasteiger partial charge on any atom is -0.493 e. The van der Waals surface area contributed by atoms with Crippen LogP contribution in [0, 0.1) is 0 Å². The van der Waals surface area contributed by atoms with Gasteiger partial charge in [-0.1, -0.05) is 18.2 Å². The number of benzene rings is 1. The zero-order chi connectivity index (χ0) is 11.4. The third-order valence-corrected chi connectivity index (χ3v) is 3.69. The molecule has 1 heterocycles. The molecule has 16 heavy (non-hydrogen) atoms. The summed E-state index contributed by atoms with van der Waals surface area (Å²) >= 11 is 1.89. The highest BCUT2D eigenvalue weighted by Crippen LogP contribution is 2.31. The average molecular weight is 237 g/mol. The summed E-state index contributed by atoms with van der Waals surface area (Å²) in [5.74, 6) is 2.20. The summed E-state index contributed by atoms with van der Waals surface area (Å²) < 4.78 is 5.65. The maximum Gasteiger partial charge on any atom is 0.124 e. The molecule has 88 valence electrons. The van der Waals surface area contributed by atoms with E-state index in [4.69, 9.17) is 4.74 Å². The number of nitrogens with one attached hydrogen (secondary N) is 1. The van der Waals surface area contributed by atoms with Crippen molar-refractivity contribution >= 4 is 11.8 Å². The van der Waals surface area contributed by atoms with Crippen LogP contribution in [0.4, 0.5) is 0 Å². The summed E-state index contributed by atoms with van der Waals surface area (Å²) in [4.78, 5) is 0. The topological polar surface area (TPSA) is 21.3 Å². The van der Waals surface area contributed by atoms with Gasteiger partial charge < -0.3 is 10.1 Å². The van der Waals surface area contributed by atoms with Gasteiger partial charge in [-0.15, -0.1) is 0 Å². The Kier molecular flexibility index (Phi) is 4.13. The standard InChI is InChI=1S/C13H19NOS/c1-10(9-16-2)14-12-7-8-15-13-6-4-3-5-11(12)13/h3-6,10,12,14H,7-9H2,1-2H3. The second-order valence-electron chi connectivity index (χ2n) is 4.25. The molecule has 0 radical (unpaired) electrons. The van der Waals surface area contributed by atoms with E-state index in [-0.39, 0.29) is 0 Å². The third kappa shape index (κ3) is 2.71. The summed E-state index contributed by atoms with van der Waals surface area (Å²) in [5, 5.41) is 3.68. The van der Waals surface area contributed by atoms with E-state index in [1.807, 2.05) is 17.8 Å². The van der Waals surface area contributed by atoms with Crippen LogP contribution in [0.15, 0.2) is 24.3 Å². The minimum atomic E-state index is 0.451. The maximum atomic E-state index is 5.65. The molecule has 0 fully saturated rings. The lowest BCUT2D eigenvalue weighted by atomic mass is 10.00. The minimum absolute atomic E-state index is 0.451. The molecule has 1 aromatic rings. The van der Waals surface area contributed by atoms with Gasteiger partial charge in [-0.3, -0.25) is 0 Å². The number of rotatable bonds is 4. The molecule has 2 atom stereocenters. The largest absolute Gasteiger partial charge is 0.493 e. The van der Waals surface area contributed by atoms with Crippen LogP contribution in [0.2, 0.25) is 0 Å². The van der Waals surface area contributed by atoms with Crippen molar-refractivity contribution in [2.45, 2.75) is 25.4 Å². The normalized spacial score (nSPS) is 21.0. The Balaban J connectivity index is 2.07. The lowest BCUT2D eigenvalue weighted by Crippen LogP contribution is -2.35. The Morgan fingerprint density at radius 3 is 3.12 bits per heavy atom. The van der Waals surface area contributed by atoms with E-state index in [1.54, 1.807) is 0 Å². The summed E-state index contributed by atoms with van der Waals surface area (Å²) in [5.41, 5.74) is 1.31. The van der Waals surface area contributed by atoms with E-state index in [1.165, 1.54) is 5.56 Å². The molecular weight excluding hydrogens is 218 g/mol. The highest BCUT2D eigenvalue weighted by Gasteiger charge is 2.21. The molecule has 0 bridgehead atoms. The van der Waals surface area contributed by atoms with Gasteiger partial charge in [-0.25, -0.2) is 0 Å². The van der Waals surface area contributed by atoms with Crippen LogP contribution in [0.1, 0.15) is 24.9 Å². The molecule has 0 saturated carbocycles. The first-order valence-electron chi connectivity index (χ1n) is 5.78. The van der Waals surface area contributed by atoms with E-state index in [9.17, 15) is 0 Å². The van der Waals surface area contributed by atoms with Crippen molar-refractivity contribution in [1.29, 1.82) is 0 Å². The number of hydrogen-bond acceptors (Lipinski definition) is 3. The number of fused-ring (bicyclic) bond motifs is 1. The molecule has 1 aliphatic rings. The SMILES string of the molecule is CSCC(C)NC1CCOc2ccccc21. The Morgan fingerprint density at radius 1 is 1.50 bits per heavy atom. The van der Waals surface area contributed by atoms with E-state index in [0.29, 0.717) is 12.1 Å². The van der Waals surface area contributed by atoms with Crippen molar-refractivity contribution in [2.75, 3.05) is 18.6 Å². The van der Waals surface area contributed by atoms with E-state index in [2.05, 4.69) is 36.7 Å². The highest BCUT2D eigenvalue weighted by atomic mass is 32.2. The second kappa shape index (κ2) is 5.60. The molecule has 0 amide bonds. The van der Waals surface area contributed by atoms with Gasteiger partial charge in [0.15, 0.2) is 0 Å². The molecule has 2 unspecified atom stereocenters. The van der Waals surface area contributed by atoms with Crippen LogP contribution in [-0.4, -0.2) is 24.7 Å². The Bertz CT molecular complexity index is 342. The Morgan fingerprint density at radius 2 is 2.31 bits per heavy atom. The highest BCUT2D eigenvalue weighted by molar-refractivity contribution is 7.98. The van der Waals surface area contributed by atoms with Crippen LogP contribution < -0.4 is 10.1 Å². The third-order valence-electron chi connectivity index (χ3n) is 2.86. The predicted octanol–water partition coefficient (Wildman–Crippen LogP) is 2.85. The Hall–Kier alpha value is -0.670. The fourth-order valence-electron chi connectivity index (χ4n) is 2.16. The molecule has 1 aliphatic heterocycles. The number of hydrogen-bond donors (Lipinski definition) is 1. The maximum absolute atomic E-state index is 5.65. The zero-order valence-electron chi connectivity index (χ0n) is 9.90. The smallest absolute Gasteiger partial charge is 0.124 e. The van der Waals surface area contributed by atoms with Gasteiger partial charge >= 0.3 is 0 Å². The van der Waals surface area contributed by atoms with Crippen molar-refractivity contribution in [2.24, 2.45) is 0 Å². The van der Waals surface area contributed by atoms with E-state index >= 15 is 0 Å². The first-order chi connectivity index (χ1) is 7.81. The molecule has 0 saturated heterocycles.